The van der Waals surface area contributed by atoms with Gasteiger partial charge in [0.25, 0.3) is 11.4 Å². The normalized spacial score (nSPS) is 11.9. The van der Waals surface area contributed by atoms with E-state index in [2.05, 4.69) is 31.3 Å². The first-order valence-corrected chi connectivity index (χ1v) is 10.1. The fourth-order valence-corrected chi connectivity index (χ4v) is 3.33. The first kappa shape index (κ1) is 21.3. The molecule has 0 bridgehead atoms. The van der Waals surface area contributed by atoms with Crippen molar-refractivity contribution in [3.8, 4) is 5.88 Å². The van der Waals surface area contributed by atoms with Crippen LogP contribution in [0, 0.1) is 0 Å². The molecule has 152 valence electrons. The Kier molecular flexibility index (Phi) is 7.24. The highest BCUT2D eigenvalue weighted by atomic mass is 79.9. The van der Waals surface area contributed by atoms with Crippen molar-refractivity contribution in [2.24, 2.45) is 7.05 Å². The van der Waals surface area contributed by atoms with Crippen molar-refractivity contribution in [1.29, 1.82) is 0 Å². The van der Waals surface area contributed by atoms with Gasteiger partial charge >= 0.3 is 0 Å². The third kappa shape index (κ3) is 5.56. The fraction of sp³-hybridized carbons (Fsp3) is 0.250. The molecule has 0 aliphatic rings. The summed E-state index contributed by atoms with van der Waals surface area (Å²) in [7, 11) is 1.55. The Balaban J connectivity index is 1.70. The van der Waals surface area contributed by atoms with Crippen molar-refractivity contribution in [2.45, 2.75) is 19.1 Å². The molecule has 0 fully saturated rings. The second-order valence-corrected chi connectivity index (χ2v) is 7.57. The van der Waals surface area contributed by atoms with Crippen LogP contribution in [0.5, 0.6) is 5.88 Å². The Morgan fingerprint density at radius 2 is 2.07 bits per heavy atom. The highest BCUT2D eigenvalue weighted by molar-refractivity contribution is 9.10. The van der Waals surface area contributed by atoms with Crippen LogP contribution in [-0.4, -0.2) is 26.5 Å². The fourth-order valence-electron chi connectivity index (χ4n) is 2.64. The van der Waals surface area contributed by atoms with E-state index in [-0.39, 0.29) is 18.0 Å². The van der Waals surface area contributed by atoms with Gasteiger partial charge in [0, 0.05) is 37.4 Å². The molecule has 2 heterocycles. The maximum atomic E-state index is 12.2. The second kappa shape index (κ2) is 9.87. The molecule has 0 saturated heterocycles. The monoisotopic (exact) mass is 478 g/mol. The number of hydrogen-bond donors (Lipinski definition) is 2. The zero-order valence-electron chi connectivity index (χ0n) is 15.7. The molecule has 7 nitrogen and oxygen atoms in total. The second-order valence-electron chi connectivity index (χ2n) is 6.34. The van der Waals surface area contributed by atoms with Gasteiger partial charge in [-0.15, -0.1) is 5.10 Å². The highest BCUT2D eigenvalue weighted by Crippen LogP contribution is 2.29. The van der Waals surface area contributed by atoms with Crippen molar-refractivity contribution in [3.63, 3.8) is 0 Å². The molecule has 2 N–H and O–H groups in total. The first-order chi connectivity index (χ1) is 14.0. The molecule has 9 heteroatoms. The van der Waals surface area contributed by atoms with Gasteiger partial charge in [0.2, 0.25) is 0 Å². The van der Waals surface area contributed by atoms with Crippen LogP contribution in [0.2, 0.25) is 5.02 Å². The largest absolute Gasteiger partial charge is 0.475 e. The van der Waals surface area contributed by atoms with Crippen LogP contribution in [0.25, 0.3) is 0 Å². The molecule has 3 rings (SSSR count). The number of aromatic nitrogens is 3. The van der Waals surface area contributed by atoms with Gasteiger partial charge in [-0.05, 0) is 45.3 Å². The van der Waals surface area contributed by atoms with E-state index in [1.54, 1.807) is 43.7 Å². The number of hydrogen-bond acceptors (Lipinski definition) is 6. The molecule has 1 atom stereocenters. The minimum absolute atomic E-state index is 0.211. The maximum absolute atomic E-state index is 12.2. The maximum Gasteiger partial charge on any atom is 0.283 e. The van der Waals surface area contributed by atoms with Crippen molar-refractivity contribution in [1.82, 2.24) is 14.8 Å². The number of halogens is 2. The number of aliphatic hydroxyl groups excluding tert-OH is 1. The molecule has 2 aromatic heterocycles. The topological polar surface area (TPSA) is 89.3 Å². The van der Waals surface area contributed by atoms with Gasteiger partial charge in [0.1, 0.15) is 10.2 Å². The van der Waals surface area contributed by atoms with Gasteiger partial charge in [-0.3, -0.25) is 9.78 Å². The van der Waals surface area contributed by atoms with Crippen LogP contribution in [0.4, 0.5) is 5.69 Å². The van der Waals surface area contributed by atoms with Crippen LogP contribution < -0.4 is 15.6 Å². The number of benzene rings is 1. The summed E-state index contributed by atoms with van der Waals surface area (Å²) in [4.78, 5) is 16.3. The van der Waals surface area contributed by atoms with E-state index in [4.69, 9.17) is 16.3 Å². The van der Waals surface area contributed by atoms with Crippen molar-refractivity contribution in [2.75, 3.05) is 11.9 Å². The lowest BCUT2D eigenvalue weighted by Crippen LogP contribution is -2.23. The number of nitrogens with one attached hydrogen (secondary N) is 1. The number of ether oxygens (including phenoxy) is 1. The summed E-state index contributed by atoms with van der Waals surface area (Å²) in [6.07, 6.45) is 3.08. The van der Waals surface area contributed by atoms with Crippen LogP contribution in [-0.2, 0) is 13.6 Å². The third-order valence-corrected chi connectivity index (χ3v) is 5.22. The standard InChI is InChI=1S/C20H20BrClN4O3/c1-26-20(28)17(21)18(24-12-13-3-2-9-23-11-13)19(25-26)29-10-8-16(27)14-4-6-15(22)7-5-14/h2-7,9,11,16,24,27H,8,10,12H2,1H3. The Morgan fingerprint density at radius 3 is 2.76 bits per heavy atom. The predicted octanol–water partition coefficient (Wildman–Crippen LogP) is 3.71. The number of aryl methyl sites for hydroxylation is 1. The summed E-state index contributed by atoms with van der Waals surface area (Å²) in [6.45, 7) is 0.661. The number of aliphatic hydroxyl groups is 1. The SMILES string of the molecule is Cn1nc(OCCC(O)c2ccc(Cl)cc2)c(NCc2cccnc2)c(Br)c1=O. The van der Waals surface area contributed by atoms with Gasteiger partial charge in [0.15, 0.2) is 0 Å². The van der Waals surface area contributed by atoms with E-state index >= 15 is 0 Å². The summed E-state index contributed by atoms with van der Waals surface area (Å²) < 4.78 is 7.32. The van der Waals surface area contributed by atoms with Crippen LogP contribution in [0.3, 0.4) is 0 Å². The lowest BCUT2D eigenvalue weighted by Gasteiger charge is -2.16. The summed E-state index contributed by atoms with van der Waals surface area (Å²) in [6, 6.07) is 10.8. The van der Waals surface area contributed by atoms with E-state index in [0.29, 0.717) is 28.1 Å². The average molecular weight is 480 g/mol. The minimum atomic E-state index is -0.699. The average Bonchev–Trinajstić information content (AvgIpc) is 2.73. The molecule has 1 unspecified atom stereocenters. The third-order valence-electron chi connectivity index (χ3n) is 4.23. The molecule has 29 heavy (non-hydrogen) atoms. The smallest absolute Gasteiger partial charge is 0.283 e. The van der Waals surface area contributed by atoms with Crippen LogP contribution in [0.1, 0.15) is 23.7 Å². The van der Waals surface area contributed by atoms with Crippen molar-refractivity contribution < 1.29 is 9.84 Å². The molecule has 3 aromatic rings. The minimum Gasteiger partial charge on any atom is -0.475 e. The number of pyridine rings is 1. The quantitative estimate of drug-likeness (QED) is 0.512. The van der Waals surface area contributed by atoms with Gasteiger partial charge in [-0.1, -0.05) is 29.8 Å². The van der Waals surface area contributed by atoms with Gasteiger partial charge < -0.3 is 15.2 Å². The summed E-state index contributed by atoms with van der Waals surface area (Å²) >= 11 is 9.20. The zero-order valence-corrected chi connectivity index (χ0v) is 18.0. The lowest BCUT2D eigenvalue weighted by molar-refractivity contribution is 0.138. The lowest BCUT2D eigenvalue weighted by atomic mass is 10.1. The molecule has 1 aromatic carbocycles. The summed E-state index contributed by atoms with van der Waals surface area (Å²) in [5.74, 6) is 0.270. The summed E-state index contributed by atoms with van der Waals surface area (Å²) in [5.41, 5.74) is 1.87. The molecule has 0 saturated carbocycles. The van der Waals surface area contributed by atoms with Gasteiger partial charge in [-0.25, -0.2) is 4.68 Å². The molecule has 0 aliphatic carbocycles. The Bertz CT molecular complexity index is 1010. The van der Waals surface area contributed by atoms with E-state index in [0.717, 1.165) is 11.1 Å². The van der Waals surface area contributed by atoms with Crippen molar-refractivity contribution in [3.05, 3.63) is 79.8 Å². The van der Waals surface area contributed by atoms with E-state index in [1.807, 2.05) is 12.1 Å². The molecule has 0 spiro atoms. The first-order valence-electron chi connectivity index (χ1n) is 8.91. The number of rotatable bonds is 8. The Morgan fingerprint density at radius 1 is 1.31 bits per heavy atom. The van der Waals surface area contributed by atoms with Gasteiger partial charge in [0.05, 0.1) is 12.7 Å². The molecular formula is C20H20BrClN4O3. The molecule has 0 amide bonds. The number of anilines is 1. The predicted molar refractivity (Wildman–Crippen MR) is 115 cm³/mol. The van der Waals surface area contributed by atoms with E-state index in [9.17, 15) is 9.90 Å². The molecular weight excluding hydrogens is 460 g/mol. The van der Waals surface area contributed by atoms with Crippen LogP contribution >= 0.6 is 27.5 Å². The number of nitrogens with zero attached hydrogens (tertiary/aromatic N) is 3. The zero-order chi connectivity index (χ0) is 20.8. The van der Waals surface area contributed by atoms with Crippen LogP contribution in [0.15, 0.2) is 58.1 Å². The van der Waals surface area contributed by atoms with Gasteiger partial charge in [-0.2, -0.15) is 0 Å². The van der Waals surface area contributed by atoms with E-state index < -0.39 is 6.10 Å². The summed E-state index contributed by atoms with van der Waals surface area (Å²) in [5, 5.41) is 18.3. The highest BCUT2D eigenvalue weighted by Gasteiger charge is 2.16. The molecule has 0 aliphatic heterocycles. The Labute approximate surface area is 181 Å². The van der Waals surface area contributed by atoms with E-state index in [1.165, 1.54) is 4.68 Å². The van der Waals surface area contributed by atoms with Crippen molar-refractivity contribution >= 4 is 33.2 Å². The molecule has 0 radical (unpaired) electrons. The Hall–Kier alpha value is -2.42.